The molecule has 0 amide bonds. The highest BCUT2D eigenvalue weighted by Gasteiger charge is 2.66. The minimum atomic E-state index is -11.1. The van der Waals surface area contributed by atoms with E-state index in [1.54, 1.807) is 0 Å². The standard InChI is InChI=1S/C22H3F11N6S/c23-21(24,25)17-1-10(2-18(16(17)9-39)22(26,27)28)13(6-36)12-3-19(40(29,30,31,32)33)20(11(4-34)5-35)15(8-38)14(12)7-37/h1-3H/b13-12+. The van der Waals surface area contributed by atoms with Gasteiger partial charge in [-0.3, -0.25) is 0 Å². The van der Waals surface area contributed by atoms with Crippen LogP contribution in [0.2, 0.25) is 0 Å². The van der Waals surface area contributed by atoms with Crippen LogP contribution < -0.4 is 10.4 Å². The molecule has 0 aliphatic carbocycles. The van der Waals surface area contributed by atoms with Crippen LogP contribution in [-0.4, -0.2) is 0 Å². The van der Waals surface area contributed by atoms with Crippen LogP contribution in [0.3, 0.4) is 0 Å². The lowest BCUT2D eigenvalue weighted by molar-refractivity contribution is -0.143. The molecule has 204 valence electrons. The topological polar surface area (TPSA) is 143 Å². The van der Waals surface area contributed by atoms with Gasteiger partial charge in [0, 0.05) is 10.4 Å². The Hall–Kier alpha value is -5.30. The van der Waals surface area contributed by atoms with Crippen molar-refractivity contribution in [3.8, 4) is 36.4 Å². The summed E-state index contributed by atoms with van der Waals surface area (Å²) in [5.41, 5.74) is -14.8. The molecule has 2 aromatic carbocycles. The van der Waals surface area contributed by atoms with Crippen LogP contribution in [0, 0.1) is 68.0 Å². The molecule has 0 saturated heterocycles. The van der Waals surface area contributed by atoms with Crippen molar-refractivity contribution in [3.05, 3.63) is 62.0 Å². The smallest absolute Gasteiger partial charge is 0.192 e. The molecule has 2 rings (SSSR count). The summed E-state index contributed by atoms with van der Waals surface area (Å²) in [6, 6.07) is 3.93. The summed E-state index contributed by atoms with van der Waals surface area (Å²) < 4.78 is 151. The lowest BCUT2D eigenvalue weighted by Crippen LogP contribution is -2.30. The molecular weight excluding hydrogens is 589 g/mol. The number of nitriles is 6. The molecule has 0 radical (unpaired) electrons. The maximum absolute atomic E-state index is 14.0. The molecule has 0 atom stereocenters. The molecular formula is C22H3F11N6S. The second kappa shape index (κ2) is 8.88. The van der Waals surface area contributed by atoms with E-state index in [0.29, 0.717) is 6.07 Å². The van der Waals surface area contributed by atoms with Gasteiger partial charge in [0.2, 0.25) is 0 Å². The molecule has 0 N–H and O–H groups in total. The van der Waals surface area contributed by atoms with Crippen molar-refractivity contribution in [1.82, 2.24) is 0 Å². The Balaban J connectivity index is 3.58. The summed E-state index contributed by atoms with van der Waals surface area (Å²) in [7, 11) is -11.1. The molecule has 0 bridgehead atoms. The minimum absolute atomic E-state index is 0.269. The van der Waals surface area contributed by atoms with Crippen molar-refractivity contribution < 1.29 is 45.8 Å². The van der Waals surface area contributed by atoms with Gasteiger partial charge in [-0.2, -0.15) is 57.9 Å². The average Bonchev–Trinajstić information content (AvgIpc) is 2.81. The number of benzene rings is 2. The Morgan fingerprint density at radius 2 is 1.02 bits per heavy atom. The maximum Gasteiger partial charge on any atom is 0.417 e. The van der Waals surface area contributed by atoms with E-state index in [2.05, 4.69) is 0 Å². The van der Waals surface area contributed by atoms with Crippen molar-refractivity contribution >= 4 is 21.4 Å². The molecule has 0 aliphatic heterocycles. The molecule has 0 saturated carbocycles. The van der Waals surface area contributed by atoms with E-state index in [4.69, 9.17) is 15.8 Å². The fourth-order valence-electron chi connectivity index (χ4n) is 3.41. The van der Waals surface area contributed by atoms with Crippen LogP contribution in [0.4, 0.5) is 45.8 Å². The highest BCUT2D eigenvalue weighted by atomic mass is 32.5. The zero-order valence-corrected chi connectivity index (χ0v) is 19.3. The van der Waals surface area contributed by atoms with E-state index >= 15 is 0 Å². The van der Waals surface area contributed by atoms with Crippen LogP contribution in [0.1, 0.15) is 33.4 Å². The number of alkyl halides is 6. The van der Waals surface area contributed by atoms with Gasteiger partial charge in [-0.25, -0.2) is 0 Å². The molecule has 0 heterocycles. The summed E-state index contributed by atoms with van der Waals surface area (Å²) in [6.45, 7) is 0. The molecule has 40 heavy (non-hydrogen) atoms. The normalized spacial score (nSPS) is 14.0. The average molecular weight is 592 g/mol. The third kappa shape index (κ3) is 5.59. The fourth-order valence-corrected chi connectivity index (χ4v) is 4.34. The number of halogens is 11. The Morgan fingerprint density at radius 1 is 0.600 bits per heavy atom. The summed E-state index contributed by atoms with van der Waals surface area (Å²) >= 11 is 0. The van der Waals surface area contributed by atoms with Gasteiger partial charge in [-0.15, -0.1) is 0 Å². The van der Waals surface area contributed by atoms with Crippen molar-refractivity contribution in [2.75, 3.05) is 0 Å². The van der Waals surface area contributed by atoms with Gasteiger partial charge in [0.25, 0.3) is 0 Å². The largest absolute Gasteiger partial charge is 0.417 e. The first kappa shape index (κ1) is 30.9. The maximum atomic E-state index is 14.0. The first-order valence-corrected chi connectivity index (χ1v) is 11.4. The van der Waals surface area contributed by atoms with Gasteiger partial charge in [0.05, 0.1) is 33.4 Å². The van der Waals surface area contributed by atoms with Gasteiger partial charge in [0.15, 0.2) is 0 Å². The summed E-state index contributed by atoms with van der Waals surface area (Å²) in [6.07, 6.45) is -11.4. The molecule has 0 aliphatic rings. The van der Waals surface area contributed by atoms with Crippen LogP contribution in [-0.2, 0) is 12.4 Å². The van der Waals surface area contributed by atoms with Crippen LogP contribution in [0.25, 0.3) is 11.1 Å². The summed E-state index contributed by atoms with van der Waals surface area (Å²) in [5.74, 6) is 0. The van der Waals surface area contributed by atoms with Gasteiger partial charge >= 0.3 is 22.6 Å². The predicted molar refractivity (Wildman–Crippen MR) is 110 cm³/mol. The minimum Gasteiger partial charge on any atom is -0.192 e. The molecule has 0 unspecified atom stereocenters. The van der Waals surface area contributed by atoms with Gasteiger partial charge in [-0.05, 0) is 23.8 Å². The van der Waals surface area contributed by atoms with Crippen molar-refractivity contribution in [1.29, 1.82) is 31.6 Å². The van der Waals surface area contributed by atoms with Crippen molar-refractivity contribution in [3.63, 3.8) is 0 Å². The summed E-state index contributed by atoms with van der Waals surface area (Å²) in [5, 5.41) is 51.6. The first-order chi connectivity index (χ1) is 18.0. The Bertz CT molecular complexity index is 1810. The lowest BCUT2D eigenvalue weighted by atomic mass is 9.91. The van der Waals surface area contributed by atoms with Crippen molar-refractivity contribution in [2.24, 2.45) is 0 Å². The van der Waals surface area contributed by atoms with Crippen LogP contribution >= 0.6 is 10.2 Å². The van der Waals surface area contributed by atoms with Crippen molar-refractivity contribution in [2.45, 2.75) is 17.2 Å². The van der Waals surface area contributed by atoms with E-state index < -0.39 is 88.5 Å². The van der Waals surface area contributed by atoms with E-state index in [0.717, 1.165) is 30.3 Å². The molecule has 0 aromatic heterocycles. The zero-order chi connectivity index (χ0) is 31.1. The third-order valence-corrected chi connectivity index (χ3v) is 6.09. The van der Waals surface area contributed by atoms with E-state index in [1.807, 2.05) is 0 Å². The molecule has 0 fully saturated rings. The zero-order valence-electron chi connectivity index (χ0n) is 18.5. The number of rotatable bonds is 2. The van der Waals surface area contributed by atoms with Gasteiger partial charge in [-0.1, -0.05) is 19.4 Å². The molecule has 0 spiro atoms. The number of hydrogen-bond donors (Lipinski definition) is 0. The van der Waals surface area contributed by atoms with E-state index in [9.17, 15) is 61.6 Å². The molecule has 2 aromatic rings. The summed E-state index contributed by atoms with van der Waals surface area (Å²) in [4.78, 5) is -3.18. The second-order valence-electron chi connectivity index (χ2n) is 7.38. The van der Waals surface area contributed by atoms with E-state index in [1.165, 1.54) is 0 Å². The van der Waals surface area contributed by atoms with E-state index in [-0.39, 0.29) is 12.1 Å². The second-order valence-corrected chi connectivity index (χ2v) is 9.76. The Labute approximate surface area is 214 Å². The Kier molecular flexibility index (Phi) is 6.86. The third-order valence-electron chi connectivity index (χ3n) is 4.93. The number of nitrogens with zero attached hydrogens (tertiary/aromatic N) is 6. The molecule has 18 heteroatoms. The van der Waals surface area contributed by atoms with Crippen LogP contribution in [0.5, 0.6) is 0 Å². The Morgan fingerprint density at radius 3 is 1.32 bits per heavy atom. The number of hydrogen-bond acceptors (Lipinski definition) is 6. The van der Waals surface area contributed by atoms with Gasteiger partial charge < -0.3 is 0 Å². The fraction of sp³-hybridized carbons (Fsp3) is 0.0909. The predicted octanol–water partition coefficient (Wildman–Crippen LogP) is 5.92. The van der Waals surface area contributed by atoms with Crippen LogP contribution in [0.15, 0.2) is 23.1 Å². The van der Waals surface area contributed by atoms with Gasteiger partial charge in [0.1, 0.15) is 46.9 Å². The highest BCUT2D eigenvalue weighted by molar-refractivity contribution is 8.45. The molecule has 6 nitrogen and oxygen atoms in total. The quantitative estimate of drug-likeness (QED) is 0.397. The highest BCUT2D eigenvalue weighted by Crippen LogP contribution is 3.01. The lowest BCUT2D eigenvalue weighted by Gasteiger charge is -2.41. The SMILES string of the molecule is N#CC(C#N)=c1c(S(F)(F)(F)(F)F)c/c(=C(/C#N)c2cc(C(F)(F)F)c(C#N)c(C(F)(F)F)c2)c(C#N)c1C#N. The first-order valence-electron chi connectivity index (χ1n) is 9.43. The monoisotopic (exact) mass is 592 g/mol.